The summed E-state index contributed by atoms with van der Waals surface area (Å²) in [5, 5.41) is 10.7. The fourth-order valence-electron chi connectivity index (χ4n) is 4.67. The van der Waals surface area contributed by atoms with Crippen molar-refractivity contribution in [3.8, 4) is 17.2 Å². The minimum atomic E-state index is -0.854. The van der Waals surface area contributed by atoms with Gasteiger partial charge in [0.2, 0.25) is 5.91 Å². The maximum Gasteiger partial charge on any atom is 0.252 e. The van der Waals surface area contributed by atoms with Gasteiger partial charge in [-0.25, -0.2) is 4.68 Å². The molecule has 0 fully saturated rings. The number of carbonyl (C=O) groups is 2. The summed E-state index contributed by atoms with van der Waals surface area (Å²) in [6.07, 6.45) is 0. The Morgan fingerprint density at radius 2 is 1.61 bits per heavy atom. The molecule has 2 amide bonds. The molecule has 2 N–H and O–H groups in total. The van der Waals surface area contributed by atoms with Crippen LogP contribution in [-0.2, 0) is 4.79 Å². The minimum Gasteiger partial charge on any atom is -0.493 e. The van der Waals surface area contributed by atoms with Crippen molar-refractivity contribution in [2.45, 2.75) is 18.9 Å². The Labute approximate surface area is 208 Å². The molecule has 1 aliphatic heterocycles. The predicted molar refractivity (Wildman–Crippen MR) is 136 cm³/mol. The number of carbonyl (C=O) groups excluding carboxylic acids is 2. The van der Waals surface area contributed by atoms with Crippen LogP contribution in [0.1, 0.15) is 33.1 Å². The first-order valence-electron chi connectivity index (χ1n) is 11.6. The van der Waals surface area contributed by atoms with Crippen LogP contribution in [0.4, 0.5) is 5.82 Å². The zero-order chi connectivity index (χ0) is 25.2. The van der Waals surface area contributed by atoms with Gasteiger partial charge in [0.15, 0.2) is 11.5 Å². The van der Waals surface area contributed by atoms with Gasteiger partial charge in [0.25, 0.3) is 5.91 Å². The predicted octanol–water partition coefficient (Wildman–Crippen LogP) is 4.08. The fraction of sp³-hybridized carbons (Fsp3) is 0.179. The van der Waals surface area contributed by atoms with Crippen LogP contribution in [0.2, 0.25) is 0 Å². The standard InChI is InChI=1S/C28H26N4O4/c1-17-23-24(18-10-6-4-7-11-18)25(29-27(33)19-14-15-21(35-2)22(16-19)36-3)28(34)30-26(23)32(31-17)20-12-8-5-9-13-20/h4-16,24-25H,1-3H3,(H,29,33)(H,30,34)/t24-,25+/m1/s1. The number of nitrogens with one attached hydrogen (secondary N) is 2. The van der Waals surface area contributed by atoms with E-state index in [9.17, 15) is 9.59 Å². The number of benzene rings is 3. The molecule has 1 aromatic heterocycles. The summed E-state index contributed by atoms with van der Waals surface area (Å²) < 4.78 is 12.4. The minimum absolute atomic E-state index is 0.317. The molecular weight excluding hydrogens is 456 g/mol. The molecule has 0 radical (unpaired) electrons. The number of aromatic nitrogens is 2. The number of hydrogen-bond donors (Lipinski definition) is 2. The van der Waals surface area contributed by atoms with Crippen molar-refractivity contribution in [2.24, 2.45) is 0 Å². The lowest BCUT2D eigenvalue weighted by atomic mass is 9.82. The number of aryl methyl sites for hydroxylation is 1. The zero-order valence-electron chi connectivity index (χ0n) is 20.2. The highest BCUT2D eigenvalue weighted by molar-refractivity contribution is 6.04. The van der Waals surface area contributed by atoms with Gasteiger partial charge in [-0.15, -0.1) is 0 Å². The van der Waals surface area contributed by atoms with Gasteiger partial charge in [-0.2, -0.15) is 5.10 Å². The van der Waals surface area contributed by atoms with Crippen molar-refractivity contribution in [1.29, 1.82) is 0 Å². The summed E-state index contributed by atoms with van der Waals surface area (Å²) in [5.41, 5.74) is 3.73. The van der Waals surface area contributed by atoms with Crippen LogP contribution < -0.4 is 20.1 Å². The third-order valence-electron chi connectivity index (χ3n) is 6.37. The van der Waals surface area contributed by atoms with E-state index in [0.29, 0.717) is 22.9 Å². The Morgan fingerprint density at radius 3 is 2.28 bits per heavy atom. The van der Waals surface area contributed by atoms with Crippen LogP contribution in [0.15, 0.2) is 78.9 Å². The van der Waals surface area contributed by atoms with Gasteiger partial charge >= 0.3 is 0 Å². The van der Waals surface area contributed by atoms with Gasteiger partial charge in [0.1, 0.15) is 11.9 Å². The van der Waals surface area contributed by atoms with Crippen molar-refractivity contribution in [2.75, 3.05) is 19.5 Å². The van der Waals surface area contributed by atoms with Gasteiger partial charge in [-0.1, -0.05) is 48.5 Å². The van der Waals surface area contributed by atoms with Crippen molar-refractivity contribution in [1.82, 2.24) is 15.1 Å². The average molecular weight is 483 g/mol. The van der Waals surface area contributed by atoms with Gasteiger partial charge < -0.3 is 20.1 Å². The highest BCUT2D eigenvalue weighted by atomic mass is 16.5. The molecule has 2 atom stereocenters. The summed E-state index contributed by atoms with van der Waals surface area (Å²) in [4.78, 5) is 26.8. The number of rotatable bonds is 6. The smallest absolute Gasteiger partial charge is 0.252 e. The third-order valence-corrected chi connectivity index (χ3v) is 6.37. The number of fused-ring (bicyclic) bond motifs is 1. The lowest BCUT2D eigenvalue weighted by molar-refractivity contribution is -0.118. The molecule has 0 bridgehead atoms. The highest BCUT2D eigenvalue weighted by Gasteiger charge is 2.41. The topological polar surface area (TPSA) is 94.5 Å². The molecule has 182 valence electrons. The summed E-state index contributed by atoms with van der Waals surface area (Å²) in [7, 11) is 3.04. The molecule has 3 aromatic carbocycles. The molecule has 36 heavy (non-hydrogen) atoms. The van der Waals surface area contributed by atoms with E-state index in [1.54, 1.807) is 22.9 Å². The maximum atomic E-state index is 13.5. The van der Waals surface area contributed by atoms with E-state index in [-0.39, 0.29) is 5.91 Å². The second-order valence-electron chi connectivity index (χ2n) is 8.49. The van der Waals surface area contributed by atoms with Crippen molar-refractivity contribution < 1.29 is 19.1 Å². The van der Waals surface area contributed by atoms with E-state index < -0.39 is 17.9 Å². The lowest BCUT2D eigenvalue weighted by Gasteiger charge is -2.32. The second kappa shape index (κ2) is 9.58. The molecule has 0 saturated heterocycles. The van der Waals surface area contributed by atoms with Crippen LogP contribution in [0.5, 0.6) is 11.5 Å². The van der Waals surface area contributed by atoms with Crippen LogP contribution >= 0.6 is 0 Å². The Bertz CT molecular complexity index is 1420. The molecule has 2 heterocycles. The van der Waals surface area contributed by atoms with Crippen molar-refractivity contribution in [3.63, 3.8) is 0 Å². The number of methoxy groups -OCH3 is 2. The molecule has 8 heteroatoms. The summed E-state index contributed by atoms with van der Waals surface area (Å²) in [6, 6.07) is 23.4. The van der Waals surface area contributed by atoms with Gasteiger partial charge in [0.05, 0.1) is 25.6 Å². The number of nitrogens with zero attached hydrogens (tertiary/aromatic N) is 2. The molecular formula is C28H26N4O4. The molecule has 0 spiro atoms. The fourth-order valence-corrected chi connectivity index (χ4v) is 4.67. The maximum absolute atomic E-state index is 13.5. The molecule has 4 aromatic rings. The van der Waals surface area contributed by atoms with Gasteiger partial charge in [-0.3, -0.25) is 9.59 Å². The zero-order valence-corrected chi connectivity index (χ0v) is 20.2. The van der Waals surface area contributed by atoms with E-state index in [4.69, 9.17) is 14.6 Å². The third kappa shape index (κ3) is 4.07. The average Bonchev–Trinajstić information content (AvgIpc) is 3.24. The Morgan fingerprint density at radius 1 is 0.944 bits per heavy atom. The lowest BCUT2D eigenvalue weighted by Crippen LogP contribution is -2.50. The molecule has 8 nitrogen and oxygen atoms in total. The van der Waals surface area contributed by atoms with E-state index in [0.717, 1.165) is 22.5 Å². The number of amides is 2. The number of hydrogen-bond acceptors (Lipinski definition) is 5. The SMILES string of the molecule is COc1ccc(C(=O)N[C@@H]2C(=O)Nc3c(c(C)nn3-c3ccccc3)[C@H]2c2ccccc2)cc1OC. The van der Waals surface area contributed by atoms with Gasteiger partial charge in [-0.05, 0) is 42.8 Å². The first-order valence-corrected chi connectivity index (χ1v) is 11.6. The summed E-state index contributed by atoms with van der Waals surface area (Å²) in [5.74, 6) is 0.405. The normalized spacial score (nSPS) is 16.6. The van der Waals surface area contributed by atoms with Crippen LogP contribution in [0, 0.1) is 6.92 Å². The van der Waals surface area contributed by atoms with Gasteiger partial charge in [0, 0.05) is 17.0 Å². The first-order chi connectivity index (χ1) is 17.5. The van der Waals surface area contributed by atoms with E-state index in [1.165, 1.54) is 14.2 Å². The molecule has 5 rings (SSSR count). The van der Waals surface area contributed by atoms with Crippen LogP contribution in [-0.4, -0.2) is 41.9 Å². The number of ether oxygens (including phenoxy) is 2. The summed E-state index contributed by atoms with van der Waals surface area (Å²) >= 11 is 0. The highest BCUT2D eigenvalue weighted by Crippen LogP contribution is 2.40. The Hall–Kier alpha value is -4.59. The first kappa shape index (κ1) is 23.2. The van der Waals surface area contributed by atoms with Crippen LogP contribution in [0.25, 0.3) is 5.69 Å². The molecule has 1 aliphatic rings. The molecule has 0 aliphatic carbocycles. The van der Waals surface area contributed by atoms with E-state index in [1.807, 2.05) is 67.6 Å². The monoisotopic (exact) mass is 482 g/mol. The van der Waals surface area contributed by atoms with Crippen molar-refractivity contribution >= 4 is 17.6 Å². The van der Waals surface area contributed by atoms with E-state index in [2.05, 4.69) is 10.6 Å². The second-order valence-corrected chi connectivity index (χ2v) is 8.49. The Kier molecular flexibility index (Phi) is 6.16. The Balaban J connectivity index is 1.57. The van der Waals surface area contributed by atoms with Crippen LogP contribution in [0.3, 0.4) is 0 Å². The molecule has 0 saturated carbocycles. The number of anilines is 1. The summed E-state index contributed by atoms with van der Waals surface area (Å²) in [6.45, 7) is 1.92. The largest absolute Gasteiger partial charge is 0.493 e. The molecule has 0 unspecified atom stereocenters. The van der Waals surface area contributed by atoms with E-state index >= 15 is 0 Å². The van der Waals surface area contributed by atoms with Crippen molar-refractivity contribution in [3.05, 3.63) is 101 Å². The quantitative estimate of drug-likeness (QED) is 0.432. The number of para-hydroxylation sites is 1.